The standard InChI is InChI=1S/C21H27N3O5/c1-14-8-6-7-11-16(14)22-17(25)13-29-18(26)12-24-19(27)21(2,23-20(24)28)15-9-4-3-5-10-15/h3-5,9-10,14,16H,6-8,11-13H2,1-2H3,(H,22,25)(H,23,28)/t14-,16-,21+/m0/s1. The van der Waals surface area contributed by atoms with Crippen LogP contribution in [0, 0.1) is 5.92 Å². The molecule has 29 heavy (non-hydrogen) atoms. The summed E-state index contributed by atoms with van der Waals surface area (Å²) in [5, 5.41) is 5.52. The number of nitrogens with zero attached hydrogens (tertiary/aromatic N) is 1. The minimum atomic E-state index is -1.24. The van der Waals surface area contributed by atoms with E-state index in [-0.39, 0.29) is 11.9 Å². The fourth-order valence-electron chi connectivity index (χ4n) is 3.91. The van der Waals surface area contributed by atoms with Crippen LogP contribution < -0.4 is 10.6 Å². The molecule has 4 amide bonds. The number of benzene rings is 1. The monoisotopic (exact) mass is 401 g/mol. The van der Waals surface area contributed by atoms with Gasteiger partial charge >= 0.3 is 12.0 Å². The second kappa shape index (κ2) is 8.63. The summed E-state index contributed by atoms with van der Waals surface area (Å²) >= 11 is 0. The van der Waals surface area contributed by atoms with Crippen LogP contribution in [0.5, 0.6) is 0 Å². The Bertz CT molecular complexity index is 797. The summed E-state index contributed by atoms with van der Waals surface area (Å²) in [6.45, 7) is 2.71. The largest absolute Gasteiger partial charge is 0.454 e. The van der Waals surface area contributed by atoms with Crippen molar-refractivity contribution in [3.63, 3.8) is 0 Å². The van der Waals surface area contributed by atoms with Gasteiger partial charge in [0.05, 0.1) is 0 Å². The summed E-state index contributed by atoms with van der Waals surface area (Å²) in [6.07, 6.45) is 4.22. The van der Waals surface area contributed by atoms with Crippen LogP contribution in [0.1, 0.15) is 45.1 Å². The van der Waals surface area contributed by atoms with E-state index in [0.29, 0.717) is 11.5 Å². The number of esters is 1. The molecule has 0 radical (unpaired) electrons. The third-order valence-electron chi connectivity index (χ3n) is 5.74. The minimum Gasteiger partial charge on any atom is -0.454 e. The number of imide groups is 1. The van der Waals surface area contributed by atoms with Crippen LogP contribution in [0.4, 0.5) is 4.79 Å². The molecule has 1 aliphatic heterocycles. The fraction of sp³-hybridized carbons (Fsp3) is 0.524. The lowest BCUT2D eigenvalue weighted by molar-refractivity contribution is -0.151. The molecule has 3 rings (SSSR count). The lowest BCUT2D eigenvalue weighted by atomic mass is 9.86. The molecule has 8 heteroatoms. The van der Waals surface area contributed by atoms with Crippen molar-refractivity contribution in [3.8, 4) is 0 Å². The van der Waals surface area contributed by atoms with Gasteiger partial charge in [0.25, 0.3) is 11.8 Å². The molecular weight excluding hydrogens is 374 g/mol. The third kappa shape index (κ3) is 4.58. The van der Waals surface area contributed by atoms with E-state index in [0.717, 1.165) is 30.6 Å². The Hall–Kier alpha value is -2.90. The Morgan fingerprint density at radius 3 is 2.59 bits per heavy atom. The van der Waals surface area contributed by atoms with Gasteiger partial charge in [-0.2, -0.15) is 0 Å². The molecule has 156 valence electrons. The molecule has 1 saturated heterocycles. The second-order valence-corrected chi connectivity index (χ2v) is 7.91. The van der Waals surface area contributed by atoms with Gasteiger partial charge in [-0.1, -0.05) is 50.1 Å². The van der Waals surface area contributed by atoms with Crippen LogP contribution in [0.2, 0.25) is 0 Å². The van der Waals surface area contributed by atoms with Crippen molar-refractivity contribution in [2.24, 2.45) is 5.92 Å². The number of urea groups is 1. The summed E-state index contributed by atoms with van der Waals surface area (Å²) in [7, 11) is 0. The first-order valence-corrected chi connectivity index (χ1v) is 9.96. The average Bonchev–Trinajstić information content (AvgIpc) is 2.93. The Morgan fingerprint density at radius 1 is 1.21 bits per heavy atom. The van der Waals surface area contributed by atoms with Gasteiger partial charge in [0, 0.05) is 6.04 Å². The van der Waals surface area contributed by atoms with Crippen molar-refractivity contribution < 1.29 is 23.9 Å². The summed E-state index contributed by atoms with van der Waals surface area (Å²) < 4.78 is 4.99. The molecule has 1 aliphatic carbocycles. The predicted molar refractivity (Wildman–Crippen MR) is 105 cm³/mol. The second-order valence-electron chi connectivity index (χ2n) is 7.91. The highest BCUT2D eigenvalue weighted by Gasteiger charge is 2.49. The highest BCUT2D eigenvalue weighted by Crippen LogP contribution is 2.28. The van der Waals surface area contributed by atoms with Crippen molar-refractivity contribution in [1.82, 2.24) is 15.5 Å². The maximum absolute atomic E-state index is 12.8. The molecule has 3 atom stereocenters. The fourth-order valence-corrected chi connectivity index (χ4v) is 3.91. The van der Waals surface area contributed by atoms with Crippen LogP contribution in [0.25, 0.3) is 0 Å². The normalized spacial score (nSPS) is 26.8. The van der Waals surface area contributed by atoms with Gasteiger partial charge in [0.2, 0.25) is 0 Å². The molecule has 0 bridgehead atoms. The van der Waals surface area contributed by atoms with Gasteiger partial charge in [-0.3, -0.25) is 19.3 Å². The first-order valence-electron chi connectivity index (χ1n) is 9.96. The highest BCUT2D eigenvalue weighted by atomic mass is 16.5. The number of rotatable bonds is 6. The first kappa shape index (κ1) is 20.8. The Labute approximate surface area is 170 Å². The molecule has 2 aliphatic rings. The first-order chi connectivity index (χ1) is 13.8. The molecule has 8 nitrogen and oxygen atoms in total. The van der Waals surface area contributed by atoms with Crippen LogP contribution in [-0.2, 0) is 24.7 Å². The van der Waals surface area contributed by atoms with Crippen LogP contribution in [0.15, 0.2) is 30.3 Å². The number of nitrogens with one attached hydrogen (secondary N) is 2. The van der Waals surface area contributed by atoms with E-state index < -0.39 is 36.6 Å². The molecule has 1 saturated carbocycles. The SMILES string of the molecule is C[C@H]1CCCC[C@@H]1NC(=O)COC(=O)CN1C(=O)N[C@](C)(c2ccccc2)C1=O. The Balaban J connectivity index is 1.52. The van der Waals surface area contributed by atoms with E-state index in [1.165, 1.54) is 0 Å². The van der Waals surface area contributed by atoms with Gasteiger partial charge in [0.15, 0.2) is 6.61 Å². The topological polar surface area (TPSA) is 105 Å². The summed E-state index contributed by atoms with van der Waals surface area (Å²) in [5.41, 5.74) is -0.622. The van der Waals surface area contributed by atoms with Gasteiger partial charge in [-0.15, -0.1) is 0 Å². The molecule has 0 aromatic heterocycles. The van der Waals surface area contributed by atoms with E-state index >= 15 is 0 Å². The minimum absolute atomic E-state index is 0.0902. The lowest BCUT2D eigenvalue weighted by Gasteiger charge is -2.29. The predicted octanol–water partition coefficient (Wildman–Crippen LogP) is 1.69. The molecule has 1 aromatic rings. The maximum Gasteiger partial charge on any atom is 0.326 e. The van der Waals surface area contributed by atoms with Crippen molar-refractivity contribution >= 4 is 23.8 Å². The molecule has 1 aromatic carbocycles. The smallest absolute Gasteiger partial charge is 0.326 e. The summed E-state index contributed by atoms with van der Waals surface area (Å²) in [6, 6.07) is 8.23. The van der Waals surface area contributed by atoms with E-state index in [9.17, 15) is 19.2 Å². The number of ether oxygens (including phenoxy) is 1. The van der Waals surface area contributed by atoms with E-state index in [1.807, 2.05) is 6.07 Å². The van der Waals surface area contributed by atoms with Gasteiger partial charge in [-0.25, -0.2) is 4.79 Å². The third-order valence-corrected chi connectivity index (χ3v) is 5.74. The zero-order chi connectivity index (χ0) is 21.0. The molecule has 1 heterocycles. The van der Waals surface area contributed by atoms with Crippen LogP contribution >= 0.6 is 0 Å². The van der Waals surface area contributed by atoms with Gasteiger partial charge in [0.1, 0.15) is 12.1 Å². The number of amides is 4. The van der Waals surface area contributed by atoms with Gasteiger partial charge < -0.3 is 15.4 Å². The molecular formula is C21H27N3O5. The van der Waals surface area contributed by atoms with Gasteiger partial charge in [-0.05, 0) is 31.2 Å². The van der Waals surface area contributed by atoms with Crippen LogP contribution in [0.3, 0.4) is 0 Å². The summed E-state index contributed by atoms with van der Waals surface area (Å²) in [4.78, 5) is 50.0. The van der Waals surface area contributed by atoms with Crippen molar-refractivity contribution in [1.29, 1.82) is 0 Å². The van der Waals surface area contributed by atoms with E-state index in [2.05, 4.69) is 17.6 Å². The number of hydrogen-bond acceptors (Lipinski definition) is 5. The average molecular weight is 401 g/mol. The van der Waals surface area contributed by atoms with E-state index in [1.54, 1.807) is 31.2 Å². The molecule has 0 unspecified atom stereocenters. The molecule has 0 spiro atoms. The van der Waals surface area contributed by atoms with E-state index in [4.69, 9.17) is 4.74 Å². The zero-order valence-electron chi connectivity index (χ0n) is 16.8. The zero-order valence-corrected chi connectivity index (χ0v) is 16.8. The maximum atomic E-state index is 12.8. The Kier molecular flexibility index (Phi) is 6.20. The van der Waals surface area contributed by atoms with Crippen molar-refractivity contribution in [2.75, 3.05) is 13.2 Å². The number of carbonyl (C=O) groups excluding carboxylic acids is 4. The quantitative estimate of drug-likeness (QED) is 0.558. The number of carbonyl (C=O) groups is 4. The molecule has 2 fully saturated rings. The van der Waals surface area contributed by atoms with Crippen molar-refractivity contribution in [3.05, 3.63) is 35.9 Å². The number of hydrogen-bond donors (Lipinski definition) is 2. The summed E-state index contributed by atoms with van der Waals surface area (Å²) in [5.74, 6) is -1.32. The van der Waals surface area contributed by atoms with Crippen LogP contribution in [-0.4, -0.2) is 47.9 Å². The van der Waals surface area contributed by atoms with Crippen molar-refractivity contribution in [2.45, 2.75) is 51.1 Å². The lowest BCUT2D eigenvalue weighted by Crippen LogP contribution is -2.44. The highest BCUT2D eigenvalue weighted by molar-refractivity contribution is 6.08. The molecule has 2 N–H and O–H groups in total. The Morgan fingerprint density at radius 2 is 1.90 bits per heavy atom.